The van der Waals surface area contributed by atoms with Crippen LogP contribution in [0.15, 0.2) is 30.3 Å². The Morgan fingerprint density at radius 3 is 1.70 bits per heavy atom. The molecular weight excluding hydrogens is 350 g/mol. The summed E-state index contributed by atoms with van der Waals surface area (Å²) in [7, 11) is 0. The summed E-state index contributed by atoms with van der Waals surface area (Å²) in [6, 6.07) is 10.9. The van der Waals surface area contributed by atoms with Crippen LogP contribution in [0.5, 0.6) is 0 Å². The molecule has 158 valence electrons. The second-order valence-electron chi connectivity index (χ2n) is 8.30. The third-order valence-corrected chi connectivity index (χ3v) is 6.36. The number of nitrogens with two attached hydrogens (primary N) is 1. The molecule has 1 atom stereocenters. The molecule has 0 fully saturated rings. The minimum atomic E-state index is -0.00484. The average Bonchev–Trinajstić information content (AvgIpc) is 2.68. The first-order valence-electron chi connectivity index (χ1n) is 11.5. The van der Waals surface area contributed by atoms with E-state index in [1.165, 1.54) is 76.2 Å². The van der Waals surface area contributed by atoms with Gasteiger partial charge >= 0.3 is 0 Å². The van der Waals surface area contributed by atoms with E-state index in [1.807, 2.05) is 0 Å². The maximum atomic E-state index is 6.81. The number of unbranched alkanes of at least 4 members (excludes halogenated alkanes) is 9. The standard InChI is InChI=1S/C25H45N.ClH/c1-4-7-8-9-10-11-12-13-14-18-21-24(25(26,5-2)6-3)22-23-19-16-15-17-20-23;/h15-17,19-20,24H,4-14,18,21-22,26H2,1-3H3;1H. The van der Waals surface area contributed by atoms with Crippen LogP contribution in [0.4, 0.5) is 0 Å². The quantitative estimate of drug-likeness (QED) is 0.281. The molecule has 1 nitrogen and oxygen atoms in total. The Morgan fingerprint density at radius 2 is 1.22 bits per heavy atom. The van der Waals surface area contributed by atoms with Crippen molar-refractivity contribution in [3.05, 3.63) is 35.9 Å². The topological polar surface area (TPSA) is 26.0 Å². The number of rotatable bonds is 16. The van der Waals surface area contributed by atoms with Crippen molar-refractivity contribution in [1.29, 1.82) is 0 Å². The summed E-state index contributed by atoms with van der Waals surface area (Å²) in [5, 5.41) is 0. The lowest BCUT2D eigenvalue weighted by molar-refractivity contribution is 0.229. The summed E-state index contributed by atoms with van der Waals surface area (Å²) in [5.41, 5.74) is 8.25. The van der Waals surface area contributed by atoms with Gasteiger partial charge in [-0.2, -0.15) is 0 Å². The van der Waals surface area contributed by atoms with E-state index in [1.54, 1.807) is 0 Å². The van der Waals surface area contributed by atoms with Gasteiger partial charge in [0.25, 0.3) is 0 Å². The minimum Gasteiger partial charge on any atom is -0.325 e. The molecule has 27 heavy (non-hydrogen) atoms. The Bertz CT molecular complexity index is 427. The van der Waals surface area contributed by atoms with Crippen molar-refractivity contribution in [2.24, 2.45) is 11.7 Å². The maximum Gasteiger partial charge on any atom is 0.0180 e. The Hall–Kier alpha value is -0.530. The smallest absolute Gasteiger partial charge is 0.0180 e. The van der Waals surface area contributed by atoms with E-state index in [9.17, 15) is 0 Å². The number of hydrogen-bond donors (Lipinski definition) is 1. The van der Waals surface area contributed by atoms with Crippen LogP contribution in [-0.4, -0.2) is 5.54 Å². The zero-order valence-electron chi connectivity index (χ0n) is 18.3. The Kier molecular flexibility index (Phi) is 16.1. The van der Waals surface area contributed by atoms with Crippen LogP contribution in [0.25, 0.3) is 0 Å². The first-order chi connectivity index (χ1) is 12.7. The van der Waals surface area contributed by atoms with E-state index in [-0.39, 0.29) is 17.9 Å². The van der Waals surface area contributed by atoms with E-state index < -0.39 is 0 Å². The molecule has 0 aromatic heterocycles. The second-order valence-corrected chi connectivity index (χ2v) is 8.30. The van der Waals surface area contributed by atoms with Gasteiger partial charge in [-0.05, 0) is 37.2 Å². The normalized spacial score (nSPS) is 12.6. The zero-order chi connectivity index (χ0) is 19.1. The molecule has 0 aliphatic carbocycles. The van der Waals surface area contributed by atoms with Crippen molar-refractivity contribution in [2.75, 3.05) is 0 Å². The van der Waals surface area contributed by atoms with Gasteiger partial charge in [0.2, 0.25) is 0 Å². The lowest BCUT2D eigenvalue weighted by Crippen LogP contribution is -2.47. The number of benzene rings is 1. The van der Waals surface area contributed by atoms with Crippen LogP contribution in [-0.2, 0) is 6.42 Å². The zero-order valence-corrected chi connectivity index (χ0v) is 19.2. The summed E-state index contributed by atoms with van der Waals surface area (Å²) in [5.74, 6) is 0.606. The molecule has 1 aromatic carbocycles. The van der Waals surface area contributed by atoms with Crippen molar-refractivity contribution in [3.63, 3.8) is 0 Å². The molecule has 0 radical (unpaired) electrons. The Labute approximate surface area is 176 Å². The second kappa shape index (κ2) is 16.4. The van der Waals surface area contributed by atoms with Crippen LogP contribution in [0.3, 0.4) is 0 Å². The molecule has 2 N–H and O–H groups in total. The van der Waals surface area contributed by atoms with Gasteiger partial charge in [-0.1, -0.05) is 115 Å². The molecule has 1 rings (SSSR count). The van der Waals surface area contributed by atoms with E-state index >= 15 is 0 Å². The molecule has 2 heteroatoms. The SMILES string of the molecule is CCCCCCCCCCCCC(Cc1ccccc1)C(N)(CC)CC.Cl. The summed E-state index contributed by atoms with van der Waals surface area (Å²) in [4.78, 5) is 0. The summed E-state index contributed by atoms with van der Waals surface area (Å²) < 4.78 is 0. The summed E-state index contributed by atoms with van der Waals surface area (Å²) in [6.45, 7) is 6.82. The molecule has 0 saturated carbocycles. The maximum absolute atomic E-state index is 6.81. The lowest BCUT2D eigenvalue weighted by atomic mass is 9.74. The summed E-state index contributed by atoms with van der Waals surface area (Å²) >= 11 is 0. The fourth-order valence-corrected chi connectivity index (χ4v) is 4.20. The first kappa shape index (κ1) is 26.5. The highest BCUT2D eigenvalue weighted by Crippen LogP contribution is 2.30. The largest absolute Gasteiger partial charge is 0.325 e. The fourth-order valence-electron chi connectivity index (χ4n) is 4.20. The fraction of sp³-hybridized carbons (Fsp3) is 0.760. The average molecular weight is 396 g/mol. The van der Waals surface area contributed by atoms with Gasteiger partial charge in [-0.15, -0.1) is 12.4 Å². The van der Waals surface area contributed by atoms with Crippen LogP contribution < -0.4 is 5.73 Å². The molecule has 0 amide bonds. The highest BCUT2D eigenvalue weighted by Gasteiger charge is 2.30. The molecule has 0 saturated heterocycles. The summed E-state index contributed by atoms with van der Waals surface area (Å²) in [6.07, 6.45) is 18.6. The van der Waals surface area contributed by atoms with E-state index in [4.69, 9.17) is 5.73 Å². The van der Waals surface area contributed by atoms with Crippen molar-refractivity contribution in [2.45, 2.75) is 116 Å². The van der Waals surface area contributed by atoms with Crippen LogP contribution >= 0.6 is 12.4 Å². The Balaban J connectivity index is 0.00000676. The van der Waals surface area contributed by atoms with E-state index in [0.29, 0.717) is 5.92 Å². The van der Waals surface area contributed by atoms with Crippen molar-refractivity contribution in [3.8, 4) is 0 Å². The van der Waals surface area contributed by atoms with Gasteiger partial charge in [0.1, 0.15) is 0 Å². The number of hydrogen-bond acceptors (Lipinski definition) is 1. The predicted molar refractivity (Wildman–Crippen MR) is 125 cm³/mol. The van der Waals surface area contributed by atoms with Gasteiger partial charge < -0.3 is 5.73 Å². The van der Waals surface area contributed by atoms with Gasteiger partial charge in [-0.25, -0.2) is 0 Å². The third-order valence-electron chi connectivity index (χ3n) is 6.36. The van der Waals surface area contributed by atoms with Crippen molar-refractivity contribution in [1.82, 2.24) is 0 Å². The highest BCUT2D eigenvalue weighted by atomic mass is 35.5. The lowest BCUT2D eigenvalue weighted by Gasteiger charge is -2.36. The molecule has 0 spiro atoms. The molecule has 1 aromatic rings. The van der Waals surface area contributed by atoms with Gasteiger partial charge in [0.15, 0.2) is 0 Å². The molecule has 0 aliphatic heterocycles. The monoisotopic (exact) mass is 395 g/mol. The third kappa shape index (κ3) is 11.2. The Morgan fingerprint density at radius 1 is 0.741 bits per heavy atom. The predicted octanol–water partition coefficient (Wildman–Crippen LogP) is 8.10. The molecule has 1 unspecified atom stereocenters. The first-order valence-corrected chi connectivity index (χ1v) is 11.5. The highest BCUT2D eigenvalue weighted by molar-refractivity contribution is 5.85. The van der Waals surface area contributed by atoms with Gasteiger partial charge in [-0.3, -0.25) is 0 Å². The van der Waals surface area contributed by atoms with Crippen molar-refractivity contribution >= 4 is 12.4 Å². The molecule has 0 bridgehead atoms. The van der Waals surface area contributed by atoms with Crippen LogP contribution in [0.2, 0.25) is 0 Å². The van der Waals surface area contributed by atoms with E-state index in [0.717, 1.165) is 19.3 Å². The molecule has 0 heterocycles. The molecular formula is C25H46ClN. The minimum absolute atomic E-state index is 0. The van der Waals surface area contributed by atoms with Gasteiger partial charge in [0.05, 0.1) is 0 Å². The van der Waals surface area contributed by atoms with E-state index in [2.05, 4.69) is 51.1 Å². The number of halogens is 1. The van der Waals surface area contributed by atoms with Crippen LogP contribution in [0, 0.1) is 5.92 Å². The van der Waals surface area contributed by atoms with Crippen LogP contribution in [0.1, 0.15) is 110 Å². The van der Waals surface area contributed by atoms with Gasteiger partial charge in [0, 0.05) is 5.54 Å². The van der Waals surface area contributed by atoms with Crippen molar-refractivity contribution < 1.29 is 0 Å². The molecule has 0 aliphatic rings.